The fourth-order valence-electron chi connectivity index (χ4n) is 2.88. The topological polar surface area (TPSA) is 98.2 Å². The van der Waals surface area contributed by atoms with Gasteiger partial charge in [-0.3, -0.25) is 9.69 Å². The van der Waals surface area contributed by atoms with Crippen LogP contribution in [0.2, 0.25) is 0 Å². The van der Waals surface area contributed by atoms with Crippen molar-refractivity contribution in [2.24, 2.45) is 0 Å². The number of benzene rings is 1. The van der Waals surface area contributed by atoms with E-state index in [1.54, 1.807) is 6.19 Å². The minimum absolute atomic E-state index is 0.264. The molecule has 7 nitrogen and oxygen atoms in total. The highest BCUT2D eigenvalue weighted by molar-refractivity contribution is 5.88. The number of H-pyrrole nitrogens is 1. The molecule has 1 atom stereocenters. The Kier molecular flexibility index (Phi) is 7.68. The number of unbranched alkanes of at least 4 members (excludes halogenated alkanes) is 3. The van der Waals surface area contributed by atoms with Gasteiger partial charge in [-0.1, -0.05) is 44.4 Å². The van der Waals surface area contributed by atoms with E-state index in [1.807, 2.05) is 30.5 Å². The van der Waals surface area contributed by atoms with Gasteiger partial charge in [0.1, 0.15) is 6.04 Å². The van der Waals surface area contributed by atoms with E-state index in [2.05, 4.69) is 17.2 Å². The summed E-state index contributed by atoms with van der Waals surface area (Å²) in [7, 11) is 1.38. The Hall–Kier alpha value is -3.01. The number of aromatic amines is 1. The number of para-hydroxylation sites is 1. The zero-order chi connectivity index (χ0) is 19.6. The summed E-state index contributed by atoms with van der Waals surface area (Å²) in [6.07, 6.45) is 7.21. The third-order valence-corrected chi connectivity index (χ3v) is 4.40. The third-order valence-electron chi connectivity index (χ3n) is 4.40. The van der Waals surface area contributed by atoms with Crippen molar-refractivity contribution in [3.05, 3.63) is 36.0 Å². The number of aromatic nitrogens is 1. The van der Waals surface area contributed by atoms with Gasteiger partial charge in [0.15, 0.2) is 6.19 Å². The number of ether oxygens (including phenoxy) is 1. The van der Waals surface area contributed by atoms with E-state index in [1.165, 1.54) is 7.05 Å². The number of fused-ring (bicyclic) bond motifs is 1. The van der Waals surface area contributed by atoms with Crippen LogP contribution in [0.15, 0.2) is 30.5 Å². The van der Waals surface area contributed by atoms with Crippen LogP contribution in [-0.4, -0.2) is 41.6 Å². The van der Waals surface area contributed by atoms with E-state index in [4.69, 9.17) is 10.00 Å². The number of nitriles is 1. The predicted molar refractivity (Wildman–Crippen MR) is 103 cm³/mol. The molecule has 27 heavy (non-hydrogen) atoms. The molecule has 0 radical (unpaired) electrons. The van der Waals surface area contributed by atoms with E-state index >= 15 is 0 Å². The van der Waals surface area contributed by atoms with Crippen LogP contribution in [0.3, 0.4) is 0 Å². The average molecular weight is 370 g/mol. The van der Waals surface area contributed by atoms with Crippen LogP contribution < -0.4 is 5.32 Å². The summed E-state index contributed by atoms with van der Waals surface area (Å²) in [5, 5.41) is 12.6. The molecule has 0 aliphatic carbocycles. The first-order chi connectivity index (χ1) is 13.1. The molecule has 2 rings (SSSR count). The van der Waals surface area contributed by atoms with Crippen LogP contribution in [0, 0.1) is 11.5 Å². The quantitative estimate of drug-likeness (QED) is 0.402. The van der Waals surface area contributed by atoms with Crippen molar-refractivity contribution in [3.8, 4) is 6.19 Å². The molecule has 7 heteroatoms. The summed E-state index contributed by atoms with van der Waals surface area (Å²) in [6.45, 7) is 2.42. The molecule has 2 aromatic rings. The third kappa shape index (κ3) is 5.74. The minimum Gasteiger partial charge on any atom is -0.450 e. The second-order valence-electron chi connectivity index (χ2n) is 6.45. The van der Waals surface area contributed by atoms with Gasteiger partial charge in [0.25, 0.3) is 5.91 Å². The molecule has 1 heterocycles. The van der Waals surface area contributed by atoms with Crippen molar-refractivity contribution >= 4 is 22.9 Å². The molecular formula is C20H26N4O3. The van der Waals surface area contributed by atoms with E-state index < -0.39 is 18.0 Å². The molecule has 0 aliphatic rings. The van der Waals surface area contributed by atoms with E-state index in [0.29, 0.717) is 6.61 Å². The van der Waals surface area contributed by atoms with Crippen LogP contribution in [0.4, 0.5) is 4.79 Å². The summed E-state index contributed by atoms with van der Waals surface area (Å²) in [6, 6.07) is 6.84. The van der Waals surface area contributed by atoms with Gasteiger partial charge in [0.05, 0.1) is 6.61 Å². The normalized spacial score (nSPS) is 11.6. The SMILES string of the molecule is CCCCCCOC(=O)NC(Cc1c[nH]c2ccccc12)C(=O)N(C)C#N. The smallest absolute Gasteiger partial charge is 0.407 e. The van der Waals surface area contributed by atoms with Gasteiger partial charge in [-0.2, -0.15) is 5.26 Å². The minimum atomic E-state index is -0.878. The van der Waals surface area contributed by atoms with Crippen molar-refractivity contribution in [1.82, 2.24) is 15.2 Å². The van der Waals surface area contributed by atoms with E-state index in [0.717, 1.165) is 47.0 Å². The lowest BCUT2D eigenvalue weighted by Gasteiger charge is -2.19. The van der Waals surface area contributed by atoms with Crippen molar-refractivity contribution in [2.75, 3.05) is 13.7 Å². The summed E-state index contributed by atoms with van der Waals surface area (Å²) < 4.78 is 5.18. The molecule has 1 unspecified atom stereocenters. The summed E-state index contributed by atoms with van der Waals surface area (Å²) in [5.74, 6) is -0.481. The zero-order valence-corrected chi connectivity index (χ0v) is 15.8. The molecular weight excluding hydrogens is 344 g/mol. The van der Waals surface area contributed by atoms with Gasteiger partial charge in [0, 0.05) is 30.6 Å². The largest absolute Gasteiger partial charge is 0.450 e. The maximum atomic E-state index is 12.5. The summed E-state index contributed by atoms with van der Waals surface area (Å²) in [4.78, 5) is 28.7. The van der Waals surface area contributed by atoms with Crippen LogP contribution >= 0.6 is 0 Å². The van der Waals surface area contributed by atoms with Gasteiger partial charge in [-0.25, -0.2) is 4.79 Å². The highest BCUT2D eigenvalue weighted by atomic mass is 16.5. The standard InChI is InChI=1S/C20H26N4O3/c1-3-4-5-8-11-27-20(26)23-18(19(25)24(2)14-21)12-15-13-22-17-10-7-6-9-16(15)17/h6-7,9-10,13,18,22H,3-5,8,11-12H2,1-2H3,(H,23,26). The maximum absolute atomic E-state index is 12.5. The fourth-order valence-corrected chi connectivity index (χ4v) is 2.88. The zero-order valence-electron chi connectivity index (χ0n) is 15.8. The number of nitrogens with one attached hydrogen (secondary N) is 2. The fraction of sp³-hybridized carbons (Fsp3) is 0.450. The number of amides is 2. The first kappa shape index (κ1) is 20.3. The predicted octanol–water partition coefficient (Wildman–Crippen LogP) is 3.32. The summed E-state index contributed by atoms with van der Waals surface area (Å²) in [5.41, 5.74) is 1.84. The number of hydrogen-bond donors (Lipinski definition) is 2. The molecule has 0 saturated carbocycles. The van der Waals surface area contributed by atoms with E-state index in [9.17, 15) is 9.59 Å². The Labute approximate surface area is 159 Å². The number of carbonyl (C=O) groups is 2. The maximum Gasteiger partial charge on any atom is 0.407 e. The van der Waals surface area contributed by atoms with Crippen molar-refractivity contribution in [1.29, 1.82) is 5.26 Å². The molecule has 1 aromatic carbocycles. The van der Waals surface area contributed by atoms with Crippen LogP contribution in [0.25, 0.3) is 10.9 Å². The monoisotopic (exact) mass is 370 g/mol. The van der Waals surface area contributed by atoms with Crippen molar-refractivity contribution in [3.63, 3.8) is 0 Å². The van der Waals surface area contributed by atoms with Crippen LogP contribution in [-0.2, 0) is 16.0 Å². The molecule has 0 aliphatic heterocycles. The lowest BCUT2D eigenvalue weighted by atomic mass is 10.0. The van der Waals surface area contributed by atoms with Crippen LogP contribution in [0.1, 0.15) is 38.2 Å². The lowest BCUT2D eigenvalue weighted by molar-refractivity contribution is -0.129. The molecule has 0 fully saturated rings. The Morgan fingerprint density at radius 3 is 2.81 bits per heavy atom. The molecule has 2 amide bonds. The number of hydrogen-bond acceptors (Lipinski definition) is 4. The number of rotatable bonds is 9. The number of likely N-dealkylation sites (N-methyl/N-ethyl adjacent to an activating group) is 1. The Bertz CT molecular complexity index is 809. The molecule has 1 aromatic heterocycles. The van der Waals surface area contributed by atoms with Gasteiger partial charge < -0.3 is 15.0 Å². The molecule has 144 valence electrons. The summed E-state index contributed by atoms with van der Waals surface area (Å²) >= 11 is 0. The van der Waals surface area contributed by atoms with Gasteiger partial charge in [-0.05, 0) is 18.1 Å². The van der Waals surface area contributed by atoms with Crippen molar-refractivity contribution < 1.29 is 14.3 Å². The lowest BCUT2D eigenvalue weighted by Crippen LogP contribution is -2.47. The second kappa shape index (κ2) is 10.2. The van der Waals surface area contributed by atoms with Crippen molar-refractivity contribution in [2.45, 2.75) is 45.1 Å². The highest BCUT2D eigenvalue weighted by Gasteiger charge is 2.26. The second-order valence-corrected chi connectivity index (χ2v) is 6.45. The molecule has 0 saturated heterocycles. The Morgan fingerprint density at radius 2 is 2.07 bits per heavy atom. The van der Waals surface area contributed by atoms with Gasteiger partial charge >= 0.3 is 6.09 Å². The Morgan fingerprint density at radius 1 is 1.30 bits per heavy atom. The average Bonchev–Trinajstić information content (AvgIpc) is 3.09. The highest BCUT2D eigenvalue weighted by Crippen LogP contribution is 2.19. The number of carbonyl (C=O) groups excluding carboxylic acids is 2. The number of alkyl carbamates (subject to hydrolysis) is 1. The number of nitrogens with zero attached hydrogens (tertiary/aromatic N) is 2. The van der Waals surface area contributed by atoms with Gasteiger partial charge in [0.2, 0.25) is 0 Å². The first-order valence-electron chi connectivity index (χ1n) is 9.22. The van der Waals surface area contributed by atoms with Gasteiger partial charge in [-0.15, -0.1) is 0 Å². The Balaban J connectivity index is 2.04. The molecule has 2 N–H and O–H groups in total. The first-order valence-corrected chi connectivity index (χ1v) is 9.22. The molecule has 0 spiro atoms. The van der Waals surface area contributed by atoms with E-state index in [-0.39, 0.29) is 6.42 Å². The molecule has 0 bridgehead atoms. The van der Waals surface area contributed by atoms with Crippen LogP contribution in [0.5, 0.6) is 0 Å².